The van der Waals surface area contributed by atoms with Crippen molar-refractivity contribution in [3.63, 3.8) is 0 Å². The van der Waals surface area contributed by atoms with E-state index in [4.69, 9.17) is 4.74 Å². The van der Waals surface area contributed by atoms with Crippen LogP contribution in [-0.4, -0.2) is 35.6 Å². The third-order valence-corrected chi connectivity index (χ3v) is 5.16. The summed E-state index contributed by atoms with van der Waals surface area (Å²) in [5, 5.41) is 2.31. The maximum Gasteiger partial charge on any atom is 0.294 e. The van der Waals surface area contributed by atoms with Gasteiger partial charge in [0.2, 0.25) is 5.91 Å². The topological polar surface area (TPSA) is 75.7 Å². The second kappa shape index (κ2) is 8.31. The van der Waals surface area contributed by atoms with Gasteiger partial charge in [0.25, 0.3) is 11.1 Å². The van der Waals surface area contributed by atoms with Crippen LogP contribution >= 0.6 is 11.8 Å². The molecule has 0 aromatic heterocycles. The van der Waals surface area contributed by atoms with Gasteiger partial charge in [0, 0.05) is 5.69 Å². The Morgan fingerprint density at radius 2 is 1.86 bits per heavy atom. The van der Waals surface area contributed by atoms with E-state index in [0.717, 1.165) is 33.4 Å². The number of rotatable bonds is 5. The summed E-state index contributed by atoms with van der Waals surface area (Å²) in [5.74, 6) is -0.183. The van der Waals surface area contributed by atoms with Crippen molar-refractivity contribution in [2.45, 2.75) is 13.8 Å². The first-order chi connectivity index (χ1) is 13.4. The number of carbonyl (C=O) groups is 3. The molecule has 1 aliphatic heterocycles. The summed E-state index contributed by atoms with van der Waals surface area (Å²) in [6, 6.07) is 12.8. The molecular weight excluding hydrogens is 376 g/mol. The van der Waals surface area contributed by atoms with E-state index in [0.29, 0.717) is 11.4 Å². The maximum atomic E-state index is 12.6. The molecule has 1 saturated heterocycles. The molecular formula is C21H20N2O4S. The Hall–Kier alpha value is -3.06. The van der Waals surface area contributed by atoms with Gasteiger partial charge >= 0.3 is 0 Å². The number of hydrogen-bond acceptors (Lipinski definition) is 5. The lowest BCUT2D eigenvalue weighted by Gasteiger charge is -2.14. The summed E-state index contributed by atoms with van der Waals surface area (Å²) in [5.41, 5.74) is 3.36. The molecule has 0 bridgehead atoms. The van der Waals surface area contributed by atoms with Crippen LogP contribution in [0.3, 0.4) is 0 Å². The van der Waals surface area contributed by atoms with Crippen LogP contribution in [0.25, 0.3) is 6.08 Å². The molecule has 1 N–H and O–H groups in total. The summed E-state index contributed by atoms with van der Waals surface area (Å²) in [6.45, 7) is 3.49. The highest BCUT2D eigenvalue weighted by atomic mass is 32.2. The number of nitrogens with one attached hydrogen (secondary N) is 1. The van der Waals surface area contributed by atoms with Crippen LogP contribution in [0.1, 0.15) is 16.7 Å². The fourth-order valence-corrected chi connectivity index (χ4v) is 3.53. The summed E-state index contributed by atoms with van der Waals surface area (Å²) in [6.07, 6.45) is 1.63. The predicted octanol–water partition coefficient (Wildman–Crippen LogP) is 3.99. The number of hydrogen-bond donors (Lipinski definition) is 1. The van der Waals surface area contributed by atoms with Gasteiger partial charge in [0.1, 0.15) is 12.3 Å². The second-order valence-corrected chi connectivity index (χ2v) is 7.40. The quantitative estimate of drug-likeness (QED) is 0.774. The molecule has 1 aliphatic rings. The first-order valence-corrected chi connectivity index (χ1v) is 9.45. The normalized spacial score (nSPS) is 15.2. The molecule has 0 radical (unpaired) electrons. The Balaban J connectivity index is 1.70. The number of anilines is 1. The van der Waals surface area contributed by atoms with Gasteiger partial charge < -0.3 is 10.1 Å². The van der Waals surface area contributed by atoms with Crippen LogP contribution in [-0.2, 0) is 9.59 Å². The lowest BCUT2D eigenvalue weighted by atomic mass is 10.1. The predicted molar refractivity (Wildman–Crippen MR) is 110 cm³/mol. The lowest BCUT2D eigenvalue weighted by molar-refractivity contribution is -0.127. The van der Waals surface area contributed by atoms with Gasteiger partial charge in [-0.2, -0.15) is 0 Å². The number of thioether (sulfide) groups is 1. The minimum Gasteiger partial charge on any atom is -0.497 e. The molecule has 6 nitrogen and oxygen atoms in total. The highest BCUT2D eigenvalue weighted by Crippen LogP contribution is 2.32. The highest BCUT2D eigenvalue weighted by Gasteiger charge is 2.36. The largest absolute Gasteiger partial charge is 0.497 e. The maximum absolute atomic E-state index is 12.6. The van der Waals surface area contributed by atoms with Gasteiger partial charge in [-0.3, -0.25) is 19.3 Å². The minimum atomic E-state index is -0.470. The Morgan fingerprint density at radius 1 is 1.14 bits per heavy atom. The van der Waals surface area contributed by atoms with Crippen molar-refractivity contribution in [1.82, 2.24) is 4.90 Å². The monoisotopic (exact) mass is 396 g/mol. The Labute approximate surface area is 167 Å². The lowest BCUT2D eigenvalue weighted by Crippen LogP contribution is -2.36. The average Bonchev–Trinajstić information content (AvgIpc) is 2.92. The van der Waals surface area contributed by atoms with Crippen molar-refractivity contribution < 1.29 is 19.1 Å². The number of carbonyl (C=O) groups excluding carboxylic acids is 3. The standard InChI is InChI=1S/C21H20N2O4S/c1-13-4-5-14(2)17(10-13)22-19(24)12-23-20(25)18(28-21(23)26)11-15-6-8-16(27-3)9-7-15/h4-11H,12H2,1-3H3,(H,22,24)/b18-11-. The molecule has 1 heterocycles. The van der Waals surface area contributed by atoms with Gasteiger partial charge in [-0.1, -0.05) is 24.3 Å². The van der Waals surface area contributed by atoms with Crippen LogP contribution in [0.5, 0.6) is 5.75 Å². The van der Waals surface area contributed by atoms with E-state index in [2.05, 4.69) is 5.32 Å². The Kier molecular flexibility index (Phi) is 5.84. The third-order valence-electron chi connectivity index (χ3n) is 4.26. The number of amides is 3. The number of benzene rings is 2. The van der Waals surface area contributed by atoms with Gasteiger partial charge in [-0.25, -0.2) is 0 Å². The first-order valence-electron chi connectivity index (χ1n) is 8.64. The van der Waals surface area contributed by atoms with Crippen LogP contribution < -0.4 is 10.1 Å². The summed E-state index contributed by atoms with van der Waals surface area (Å²) in [4.78, 5) is 38.4. The van der Waals surface area contributed by atoms with Crippen LogP contribution in [0, 0.1) is 13.8 Å². The number of methoxy groups -OCH3 is 1. The van der Waals surface area contributed by atoms with Crippen molar-refractivity contribution in [1.29, 1.82) is 0 Å². The SMILES string of the molecule is COc1ccc(/C=C2\SC(=O)N(CC(=O)Nc3cc(C)ccc3C)C2=O)cc1. The van der Waals surface area contributed by atoms with Gasteiger partial charge in [0.05, 0.1) is 12.0 Å². The Morgan fingerprint density at radius 3 is 2.54 bits per heavy atom. The molecule has 2 aromatic carbocycles. The summed E-state index contributed by atoms with van der Waals surface area (Å²) >= 11 is 0.828. The van der Waals surface area contributed by atoms with Gasteiger partial charge in [0.15, 0.2) is 0 Å². The molecule has 3 rings (SSSR count). The van der Waals surface area contributed by atoms with Crippen LogP contribution in [0.15, 0.2) is 47.4 Å². The highest BCUT2D eigenvalue weighted by molar-refractivity contribution is 8.18. The van der Waals surface area contributed by atoms with E-state index >= 15 is 0 Å². The molecule has 28 heavy (non-hydrogen) atoms. The van der Waals surface area contributed by atoms with E-state index in [9.17, 15) is 14.4 Å². The third kappa shape index (κ3) is 4.43. The van der Waals surface area contributed by atoms with E-state index in [1.165, 1.54) is 0 Å². The molecule has 144 valence electrons. The van der Waals surface area contributed by atoms with E-state index < -0.39 is 17.1 Å². The fourth-order valence-electron chi connectivity index (χ4n) is 2.69. The molecule has 7 heteroatoms. The van der Waals surface area contributed by atoms with E-state index in [1.807, 2.05) is 32.0 Å². The average molecular weight is 396 g/mol. The summed E-state index contributed by atoms with van der Waals surface area (Å²) in [7, 11) is 1.57. The zero-order valence-electron chi connectivity index (χ0n) is 15.8. The number of ether oxygens (including phenoxy) is 1. The zero-order valence-corrected chi connectivity index (χ0v) is 16.6. The summed E-state index contributed by atoms with van der Waals surface area (Å²) < 4.78 is 5.10. The van der Waals surface area contributed by atoms with Gasteiger partial charge in [-0.05, 0) is 66.6 Å². The van der Waals surface area contributed by atoms with Crippen LogP contribution in [0.4, 0.5) is 10.5 Å². The molecule has 0 aliphatic carbocycles. The van der Waals surface area contributed by atoms with E-state index in [1.54, 1.807) is 37.5 Å². The molecule has 2 aromatic rings. The number of aryl methyl sites for hydroxylation is 2. The number of imide groups is 1. The molecule has 0 spiro atoms. The Bertz CT molecular complexity index is 967. The fraction of sp³-hybridized carbons (Fsp3) is 0.190. The van der Waals surface area contributed by atoms with Crippen molar-refractivity contribution in [3.05, 3.63) is 64.1 Å². The smallest absolute Gasteiger partial charge is 0.294 e. The molecule has 1 fully saturated rings. The molecule has 0 atom stereocenters. The van der Waals surface area contributed by atoms with Crippen molar-refractivity contribution in [2.75, 3.05) is 19.0 Å². The number of nitrogens with zero attached hydrogens (tertiary/aromatic N) is 1. The first kappa shape index (κ1) is 19.7. The zero-order chi connectivity index (χ0) is 20.3. The minimum absolute atomic E-state index is 0.287. The molecule has 0 saturated carbocycles. The van der Waals surface area contributed by atoms with Gasteiger partial charge in [-0.15, -0.1) is 0 Å². The van der Waals surface area contributed by atoms with E-state index in [-0.39, 0.29) is 11.4 Å². The van der Waals surface area contributed by atoms with Crippen LogP contribution in [0.2, 0.25) is 0 Å². The second-order valence-electron chi connectivity index (χ2n) is 6.41. The van der Waals surface area contributed by atoms with Crippen molar-refractivity contribution in [3.8, 4) is 5.75 Å². The van der Waals surface area contributed by atoms with Crippen molar-refractivity contribution >= 4 is 40.6 Å². The molecule has 3 amide bonds. The van der Waals surface area contributed by atoms with Crippen molar-refractivity contribution in [2.24, 2.45) is 0 Å². The molecule has 0 unspecified atom stereocenters.